The summed E-state index contributed by atoms with van der Waals surface area (Å²) in [5.41, 5.74) is 2.46. The largest absolute Gasteiger partial charge is 0.486 e. The molecule has 0 spiro atoms. The minimum absolute atomic E-state index is 0.0508. The van der Waals surface area contributed by atoms with Crippen LogP contribution in [0.15, 0.2) is 84.9 Å². The van der Waals surface area contributed by atoms with Crippen molar-refractivity contribution >= 4 is 5.69 Å². The Morgan fingerprint density at radius 3 is 2.20 bits per heavy atom. The number of ether oxygens (including phenoxy) is 1. The van der Waals surface area contributed by atoms with Crippen LogP contribution in [0.25, 0.3) is 0 Å². The van der Waals surface area contributed by atoms with Crippen molar-refractivity contribution in [3.8, 4) is 5.75 Å². The number of benzene rings is 3. The van der Waals surface area contributed by atoms with Gasteiger partial charge in [-0.25, -0.2) is 4.39 Å². The summed E-state index contributed by atoms with van der Waals surface area (Å²) in [4.78, 5) is 5.01. The van der Waals surface area contributed by atoms with Gasteiger partial charge in [0.1, 0.15) is 17.7 Å². The molecule has 1 saturated heterocycles. The monoisotopic (exact) mass is 404 g/mol. The quantitative estimate of drug-likeness (QED) is 0.514. The van der Waals surface area contributed by atoms with E-state index < -0.39 is 0 Å². The summed E-state index contributed by atoms with van der Waals surface area (Å²) in [6.07, 6.45) is 2.00. The Hall–Kier alpha value is -2.85. The van der Waals surface area contributed by atoms with E-state index >= 15 is 0 Å². The molecule has 3 aromatic carbocycles. The summed E-state index contributed by atoms with van der Waals surface area (Å²) < 4.78 is 19.5. The first-order valence-electron chi connectivity index (χ1n) is 10.8. The summed E-state index contributed by atoms with van der Waals surface area (Å²) in [6, 6.07) is 27.3. The third kappa shape index (κ3) is 5.61. The van der Waals surface area contributed by atoms with Crippen LogP contribution in [0.1, 0.15) is 24.5 Å². The molecular formula is C26H29FN2O. The van der Waals surface area contributed by atoms with Crippen LogP contribution >= 0.6 is 0 Å². The van der Waals surface area contributed by atoms with E-state index in [0.717, 1.165) is 51.1 Å². The molecule has 1 fully saturated rings. The van der Waals surface area contributed by atoms with Crippen LogP contribution in [0, 0.1) is 5.82 Å². The highest BCUT2D eigenvalue weighted by molar-refractivity contribution is 5.46. The Labute approximate surface area is 178 Å². The lowest BCUT2D eigenvalue weighted by atomic mass is 10.1. The number of nitrogens with zero attached hydrogens (tertiary/aromatic N) is 2. The predicted octanol–water partition coefficient (Wildman–Crippen LogP) is 5.55. The van der Waals surface area contributed by atoms with Gasteiger partial charge in [-0.2, -0.15) is 0 Å². The average molecular weight is 405 g/mol. The Kier molecular flexibility index (Phi) is 6.99. The van der Waals surface area contributed by atoms with Crippen LogP contribution in [0.5, 0.6) is 5.75 Å². The Morgan fingerprint density at radius 2 is 1.47 bits per heavy atom. The van der Waals surface area contributed by atoms with Gasteiger partial charge in [0.25, 0.3) is 0 Å². The summed E-state index contributed by atoms with van der Waals surface area (Å²) in [5.74, 6) is 0.461. The van der Waals surface area contributed by atoms with Crippen LogP contribution in [0.2, 0.25) is 0 Å². The lowest BCUT2D eigenvalue weighted by molar-refractivity contribution is 0.166. The minimum atomic E-state index is -0.244. The molecule has 0 aliphatic carbocycles. The highest BCUT2D eigenvalue weighted by atomic mass is 19.1. The van der Waals surface area contributed by atoms with Gasteiger partial charge in [-0.15, -0.1) is 0 Å². The van der Waals surface area contributed by atoms with Crippen molar-refractivity contribution in [2.24, 2.45) is 0 Å². The summed E-state index contributed by atoms with van der Waals surface area (Å²) in [5, 5.41) is 0. The van der Waals surface area contributed by atoms with E-state index in [1.807, 2.05) is 18.2 Å². The van der Waals surface area contributed by atoms with Crippen LogP contribution in [-0.4, -0.2) is 37.6 Å². The van der Waals surface area contributed by atoms with Crippen molar-refractivity contribution < 1.29 is 9.13 Å². The predicted molar refractivity (Wildman–Crippen MR) is 121 cm³/mol. The molecule has 4 heteroatoms. The van der Waals surface area contributed by atoms with Gasteiger partial charge in [-0.3, -0.25) is 0 Å². The van der Waals surface area contributed by atoms with Crippen LogP contribution in [0.4, 0.5) is 10.1 Å². The molecule has 0 radical (unpaired) electrons. The Bertz CT molecular complexity index is 886. The molecule has 30 heavy (non-hydrogen) atoms. The first kappa shape index (κ1) is 20.4. The summed E-state index contributed by atoms with van der Waals surface area (Å²) in [6.45, 7) is 5.26. The maximum atomic E-state index is 13.3. The van der Waals surface area contributed by atoms with Crippen LogP contribution < -0.4 is 9.64 Å². The van der Waals surface area contributed by atoms with Gasteiger partial charge in [-0.1, -0.05) is 48.5 Å². The molecular weight excluding hydrogens is 375 g/mol. The summed E-state index contributed by atoms with van der Waals surface area (Å²) in [7, 11) is 0. The summed E-state index contributed by atoms with van der Waals surface area (Å²) >= 11 is 0. The molecule has 3 nitrogen and oxygen atoms in total. The molecule has 0 saturated carbocycles. The fourth-order valence-corrected chi connectivity index (χ4v) is 4.03. The van der Waals surface area contributed by atoms with E-state index in [-0.39, 0.29) is 11.9 Å². The highest BCUT2D eigenvalue weighted by Gasteiger charge is 2.19. The zero-order chi connectivity index (χ0) is 20.6. The molecule has 0 bridgehead atoms. The molecule has 1 heterocycles. The minimum Gasteiger partial charge on any atom is -0.486 e. The lowest BCUT2D eigenvalue weighted by Gasteiger charge is -2.26. The normalized spacial score (nSPS) is 16.1. The second-order valence-corrected chi connectivity index (χ2v) is 7.78. The lowest BCUT2D eigenvalue weighted by Crippen LogP contribution is -2.32. The van der Waals surface area contributed by atoms with Gasteiger partial charge >= 0.3 is 0 Å². The zero-order valence-electron chi connectivity index (χ0n) is 17.3. The molecule has 3 aromatic rings. The van der Waals surface area contributed by atoms with Gasteiger partial charge in [0.05, 0.1) is 0 Å². The number of anilines is 1. The van der Waals surface area contributed by atoms with E-state index in [0.29, 0.717) is 5.75 Å². The topological polar surface area (TPSA) is 15.7 Å². The second-order valence-electron chi connectivity index (χ2n) is 7.78. The van der Waals surface area contributed by atoms with Crippen LogP contribution in [-0.2, 0) is 0 Å². The third-order valence-corrected chi connectivity index (χ3v) is 5.68. The van der Waals surface area contributed by atoms with E-state index in [1.54, 1.807) is 12.1 Å². The molecule has 0 N–H and O–H groups in total. The molecule has 1 unspecified atom stereocenters. The SMILES string of the molecule is Fc1ccc(OC(CCN2CCCN(c3ccccc3)CC2)c2ccccc2)cc1. The van der Waals surface area contributed by atoms with Gasteiger partial charge in [0, 0.05) is 38.3 Å². The van der Waals surface area contributed by atoms with Crippen LogP contribution in [0.3, 0.4) is 0 Å². The molecule has 1 aliphatic rings. The highest BCUT2D eigenvalue weighted by Crippen LogP contribution is 2.26. The van der Waals surface area contributed by atoms with Crippen molar-refractivity contribution in [3.05, 3.63) is 96.3 Å². The van der Waals surface area contributed by atoms with Gasteiger partial charge in [0.2, 0.25) is 0 Å². The Balaban J connectivity index is 1.38. The van der Waals surface area contributed by atoms with E-state index in [9.17, 15) is 4.39 Å². The van der Waals surface area contributed by atoms with Crippen molar-refractivity contribution in [2.45, 2.75) is 18.9 Å². The Morgan fingerprint density at radius 1 is 0.767 bits per heavy atom. The maximum Gasteiger partial charge on any atom is 0.125 e. The smallest absolute Gasteiger partial charge is 0.125 e. The van der Waals surface area contributed by atoms with E-state index in [4.69, 9.17) is 4.74 Å². The molecule has 4 rings (SSSR count). The zero-order valence-corrected chi connectivity index (χ0v) is 17.3. The van der Waals surface area contributed by atoms with Crippen molar-refractivity contribution in [1.82, 2.24) is 4.90 Å². The number of halogens is 1. The number of hydrogen-bond acceptors (Lipinski definition) is 3. The molecule has 1 atom stereocenters. The van der Waals surface area contributed by atoms with Gasteiger partial charge in [0.15, 0.2) is 0 Å². The molecule has 1 aliphatic heterocycles. The molecule has 156 valence electrons. The molecule has 0 aromatic heterocycles. The standard InChI is InChI=1S/C26H29FN2O/c27-23-12-14-25(15-13-23)30-26(22-8-3-1-4-9-22)16-19-28-17-7-18-29(21-20-28)24-10-5-2-6-11-24/h1-6,8-15,26H,7,16-21H2. The first-order chi connectivity index (χ1) is 14.8. The fraction of sp³-hybridized carbons (Fsp3) is 0.308. The third-order valence-electron chi connectivity index (χ3n) is 5.68. The van der Waals surface area contributed by atoms with Crippen molar-refractivity contribution in [3.63, 3.8) is 0 Å². The average Bonchev–Trinajstić information content (AvgIpc) is 3.05. The van der Waals surface area contributed by atoms with E-state index in [1.165, 1.54) is 17.8 Å². The number of rotatable bonds is 7. The fourth-order valence-electron chi connectivity index (χ4n) is 4.03. The van der Waals surface area contributed by atoms with Gasteiger partial charge in [-0.05, 0) is 54.9 Å². The molecule has 0 amide bonds. The van der Waals surface area contributed by atoms with E-state index in [2.05, 4.69) is 52.3 Å². The van der Waals surface area contributed by atoms with Gasteiger partial charge < -0.3 is 14.5 Å². The number of para-hydroxylation sites is 1. The van der Waals surface area contributed by atoms with Crippen molar-refractivity contribution in [1.29, 1.82) is 0 Å². The second kappa shape index (κ2) is 10.3. The maximum absolute atomic E-state index is 13.3. The van der Waals surface area contributed by atoms with Crippen molar-refractivity contribution in [2.75, 3.05) is 37.6 Å². The number of hydrogen-bond donors (Lipinski definition) is 0. The first-order valence-corrected chi connectivity index (χ1v) is 10.8.